The van der Waals surface area contributed by atoms with Crippen LogP contribution in [0.2, 0.25) is 0 Å². The van der Waals surface area contributed by atoms with Crippen molar-refractivity contribution >= 4 is 31.1 Å². The topological polar surface area (TPSA) is 147 Å². The van der Waals surface area contributed by atoms with Gasteiger partial charge in [-0.2, -0.15) is 13.2 Å². The standard InChI is InChI=1S/C22H22F4N3O7P/c1-6-21(4,10-36-37(33,34)35)28-20(32)18(30)16-11(2)17(29(5)12(16)3)19(31)27-13-7-8-15(23)14(9-13)22(24,25)26/h1,7-9H,10H2,2-5H3,(H,27,31)(H,28,32)(H2,33,34,35). The Hall–Kier alpha value is -3.50. The molecule has 2 aromatic rings. The number of hydrogen-bond acceptors (Lipinski definition) is 5. The van der Waals surface area contributed by atoms with Crippen molar-refractivity contribution in [3.63, 3.8) is 0 Å². The number of alkyl halides is 3. The molecule has 0 radical (unpaired) electrons. The molecule has 1 heterocycles. The Labute approximate surface area is 208 Å². The van der Waals surface area contributed by atoms with E-state index in [9.17, 15) is 36.5 Å². The van der Waals surface area contributed by atoms with Gasteiger partial charge in [-0.15, -0.1) is 6.42 Å². The Morgan fingerprint density at radius 2 is 1.81 bits per heavy atom. The summed E-state index contributed by atoms with van der Waals surface area (Å²) in [6, 6.07) is 1.88. The summed E-state index contributed by atoms with van der Waals surface area (Å²) in [6.07, 6.45) is 0.310. The van der Waals surface area contributed by atoms with Gasteiger partial charge in [-0.1, -0.05) is 5.92 Å². The number of hydrogen-bond donors (Lipinski definition) is 4. The Kier molecular flexibility index (Phi) is 8.41. The fraction of sp³-hybridized carbons (Fsp3) is 0.318. The molecular weight excluding hydrogens is 525 g/mol. The van der Waals surface area contributed by atoms with Gasteiger partial charge in [0, 0.05) is 18.4 Å². The number of aromatic nitrogens is 1. The number of carbonyl (C=O) groups is 3. The largest absolute Gasteiger partial charge is 0.469 e. The Morgan fingerprint density at radius 3 is 2.32 bits per heavy atom. The molecule has 1 atom stereocenters. The van der Waals surface area contributed by atoms with Crippen LogP contribution in [-0.4, -0.2) is 44.1 Å². The van der Waals surface area contributed by atoms with Crippen LogP contribution in [0.4, 0.5) is 23.2 Å². The molecule has 2 rings (SSSR count). The van der Waals surface area contributed by atoms with E-state index in [0.717, 1.165) is 6.07 Å². The molecule has 0 aliphatic heterocycles. The van der Waals surface area contributed by atoms with Crippen molar-refractivity contribution in [1.82, 2.24) is 9.88 Å². The van der Waals surface area contributed by atoms with Gasteiger partial charge in [0.15, 0.2) is 0 Å². The third kappa shape index (κ3) is 6.84. The monoisotopic (exact) mass is 547 g/mol. The Morgan fingerprint density at radius 1 is 1.22 bits per heavy atom. The lowest BCUT2D eigenvalue weighted by Gasteiger charge is -2.24. The third-order valence-electron chi connectivity index (χ3n) is 5.34. The molecule has 2 amide bonds. The smallest absolute Gasteiger partial charge is 0.343 e. The van der Waals surface area contributed by atoms with Gasteiger partial charge < -0.3 is 25.0 Å². The number of phosphoric acid groups is 1. The van der Waals surface area contributed by atoms with Gasteiger partial charge in [0.2, 0.25) is 0 Å². The summed E-state index contributed by atoms with van der Waals surface area (Å²) in [6.45, 7) is 3.08. The number of carbonyl (C=O) groups excluding carboxylic acids is 3. The molecule has 15 heteroatoms. The van der Waals surface area contributed by atoms with E-state index in [0.29, 0.717) is 12.1 Å². The zero-order chi connectivity index (χ0) is 28.5. The first-order valence-corrected chi connectivity index (χ1v) is 11.7. The van der Waals surface area contributed by atoms with E-state index in [4.69, 9.17) is 16.2 Å². The number of phosphoric ester groups is 1. The second kappa shape index (κ2) is 10.5. The molecule has 1 aromatic carbocycles. The zero-order valence-corrected chi connectivity index (χ0v) is 20.8. The number of anilines is 1. The summed E-state index contributed by atoms with van der Waals surface area (Å²) in [4.78, 5) is 56.2. The summed E-state index contributed by atoms with van der Waals surface area (Å²) >= 11 is 0. The van der Waals surface area contributed by atoms with Gasteiger partial charge in [0.1, 0.15) is 17.1 Å². The van der Waals surface area contributed by atoms with Crippen LogP contribution in [0.1, 0.15) is 44.6 Å². The number of benzene rings is 1. The van der Waals surface area contributed by atoms with E-state index in [2.05, 4.69) is 21.1 Å². The molecular formula is C22H22F4N3O7P. The van der Waals surface area contributed by atoms with Gasteiger partial charge in [0.05, 0.1) is 17.7 Å². The minimum Gasteiger partial charge on any atom is -0.343 e. The molecule has 0 saturated carbocycles. The molecule has 0 saturated heterocycles. The molecule has 10 nitrogen and oxygen atoms in total. The number of halogens is 4. The highest BCUT2D eigenvalue weighted by molar-refractivity contribution is 7.46. The van der Waals surface area contributed by atoms with Gasteiger partial charge in [-0.25, -0.2) is 8.96 Å². The number of terminal acetylenes is 1. The summed E-state index contributed by atoms with van der Waals surface area (Å²) < 4.78 is 69.0. The van der Waals surface area contributed by atoms with Crippen LogP contribution in [0, 0.1) is 32.0 Å². The van der Waals surface area contributed by atoms with E-state index in [1.165, 1.54) is 32.4 Å². The maximum atomic E-state index is 13.6. The minimum absolute atomic E-state index is 0.00434. The molecule has 37 heavy (non-hydrogen) atoms. The lowest BCUT2D eigenvalue weighted by molar-refractivity contribution is -0.140. The Bertz CT molecular complexity index is 1360. The van der Waals surface area contributed by atoms with Crippen molar-refractivity contribution < 1.29 is 50.8 Å². The molecule has 1 unspecified atom stereocenters. The van der Waals surface area contributed by atoms with Crippen molar-refractivity contribution in [3.8, 4) is 12.3 Å². The predicted octanol–water partition coefficient (Wildman–Crippen LogP) is 2.85. The van der Waals surface area contributed by atoms with Gasteiger partial charge in [-0.05, 0) is 44.5 Å². The van der Waals surface area contributed by atoms with Crippen LogP contribution in [0.25, 0.3) is 0 Å². The number of nitrogens with one attached hydrogen (secondary N) is 2. The number of amides is 2. The number of ketones is 1. The lowest BCUT2D eigenvalue weighted by Crippen LogP contribution is -2.50. The quantitative estimate of drug-likeness (QED) is 0.131. The van der Waals surface area contributed by atoms with Crippen molar-refractivity contribution in [3.05, 3.63) is 52.1 Å². The van der Waals surface area contributed by atoms with Crippen LogP contribution in [0.15, 0.2) is 18.2 Å². The zero-order valence-electron chi connectivity index (χ0n) is 19.9. The molecule has 0 aliphatic carbocycles. The van der Waals surface area contributed by atoms with E-state index < -0.39 is 55.1 Å². The van der Waals surface area contributed by atoms with E-state index >= 15 is 0 Å². The SMILES string of the molecule is C#CC(C)(COP(=O)(O)O)NC(=O)C(=O)c1c(C)c(C(=O)Nc2ccc(F)c(C(F)(F)F)c2)n(C)c1C. The molecule has 0 bridgehead atoms. The first-order chi connectivity index (χ1) is 16.8. The molecule has 4 N–H and O–H groups in total. The molecule has 0 fully saturated rings. The summed E-state index contributed by atoms with van der Waals surface area (Å²) in [7, 11) is -3.57. The fourth-order valence-corrected chi connectivity index (χ4v) is 3.82. The van der Waals surface area contributed by atoms with Crippen LogP contribution in [0.3, 0.4) is 0 Å². The summed E-state index contributed by atoms with van der Waals surface area (Å²) in [5, 5.41) is 4.36. The van der Waals surface area contributed by atoms with E-state index in [1.54, 1.807) is 0 Å². The summed E-state index contributed by atoms with van der Waals surface area (Å²) in [5.74, 6) is -2.82. The second-order valence-corrected chi connectivity index (χ2v) is 9.40. The van der Waals surface area contributed by atoms with Crippen LogP contribution < -0.4 is 10.6 Å². The van der Waals surface area contributed by atoms with Crippen molar-refractivity contribution in [1.29, 1.82) is 0 Å². The molecule has 1 aromatic heterocycles. The second-order valence-electron chi connectivity index (χ2n) is 8.16. The van der Waals surface area contributed by atoms with Crippen LogP contribution >= 0.6 is 7.82 Å². The number of nitrogens with zero attached hydrogens (tertiary/aromatic N) is 1. The highest BCUT2D eigenvalue weighted by Gasteiger charge is 2.36. The van der Waals surface area contributed by atoms with Gasteiger partial charge >= 0.3 is 14.0 Å². The first kappa shape index (κ1) is 29.7. The van der Waals surface area contributed by atoms with Gasteiger partial charge in [-0.3, -0.25) is 18.9 Å². The number of Topliss-reactive ketones (excluding diaryl/α,β-unsaturated/α-hetero) is 1. The highest BCUT2D eigenvalue weighted by Crippen LogP contribution is 2.37. The predicted molar refractivity (Wildman–Crippen MR) is 122 cm³/mol. The highest BCUT2D eigenvalue weighted by atomic mass is 31.2. The fourth-order valence-electron chi connectivity index (χ4n) is 3.39. The van der Waals surface area contributed by atoms with Crippen molar-refractivity contribution in [2.45, 2.75) is 32.5 Å². The maximum absolute atomic E-state index is 13.6. The molecule has 200 valence electrons. The van der Waals surface area contributed by atoms with Crippen LogP contribution in [-0.2, 0) is 27.1 Å². The van der Waals surface area contributed by atoms with Crippen molar-refractivity contribution in [2.24, 2.45) is 7.05 Å². The normalized spacial score (nSPS) is 13.4. The van der Waals surface area contributed by atoms with E-state index in [1.807, 2.05) is 0 Å². The van der Waals surface area contributed by atoms with Crippen LogP contribution in [0.5, 0.6) is 0 Å². The Balaban J connectivity index is 2.35. The van der Waals surface area contributed by atoms with Gasteiger partial charge in [0.25, 0.3) is 17.6 Å². The molecule has 0 aliphatic rings. The van der Waals surface area contributed by atoms with Crippen molar-refractivity contribution in [2.75, 3.05) is 11.9 Å². The number of rotatable bonds is 8. The minimum atomic E-state index is -5.00. The third-order valence-corrected chi connectivity index (χ3v) is 5.80. The van der Waals surface area contributed by atoms with E-state index in [-0.39, 0.29) is 28.2 Å². The lowest BCUT2D eigenvalue weighted by atomic mass is 10.0. The average molecular weight is 547 g/mol. The summed E-state index contributed by atoms with van der Waals surface area (Å²) in [5.41, 5.74) is -3.97. The maximum Gasteiger partial charge on any atom is 0.469 e. The first-order valence-electron chi connectivity index (χ1n) is 10.2. The molecule has 0 spiro atoms. The average Bonchev–Trinajstić information content (AvgIpc) is 3.00.